The van der Waals surface area contributed by atoms with Crippen molar-refractivity contribution in [3.05, 3.63) is 0 Å². The molecule has 46 valence electrons. The summed E-state index contributed by atoms with van der Waals surface area (Å²) >= 11 is 2.82. The summed E-state index contributed by atoms with van der Waals surface area (Å²) in [6.45, 7) is 2.35. The third-order valence-electron chi connectivity index (χ3n) is 1.93. The van der Waals surface area contributed by atoms with Gasteiger partial charge in [-0.15, -0.1) is 0 Å². The Morgan fingerprint density at radius 1 is 1.12 bits per heavy atom. The maximum atomic E-state index is 2.82. The average Bonchev–Trinajstić information content (AvgIpc) is 1.65. The summed E-state index contributed by atoms with van der Waals surface area (Å²) in [5.41, 5.74) is 0. The third-order valence-corrected chi connectivity index (χ3v) is 2.87. The van der Waals surface area contributed by atoms with E-state index in [9.17, 15) is 0 Å². The molecule has 0 spiro atoms. The standard InChI is InChI=1S/C7H13As/c1-7(8)5-3-2-4-6-7/h2-6H2,1H3. The van der Waals surface area contributed by atoms with Crippen molar-refractivity contribution in [2.24, 2.45) is 0 Å². The second-order valence-corrected chi connectivity index (χ2v) is 5.32. The minimum absolute atomic E-state index is 0.616. The molecule has 0 aliphatic heterocycles. The van der Waals surface area contributed by atoms with Crippen LogP contribution in [0.25, 0.3) is 0 Å². The fourth-order valence-corrected chi connectivity index (χ4v) is 1.98. The Labute approximate surface area is 60.5 Å². The fraction of sp³-hybridized carbons (Fsp3) is 1.00. The zero-order valence-electron chi connectivity index (χ0n) is 5.48. The topological polar surface area (TPSA) is 0 Å². The Kier molecular flexibility index (Phi) is 2.03. The van der Waals surface area contributed by atoms with E-state index in [4.69, 9.17) is 0 Å². The minimum atomic E-state index is 0.616. The first kappa shape index (κ1) is 6.68. The van der Waals surface area contributed by atoms with Crippen LogP contribution in [0.1, 0.15) is 39.0 Å². The van der Waals surface area contributed by atoms with Crippen molar-refractivity contribution in [3.8, 4) is 0 Å². The van der Waals surface area contributed by atoms with Crippen LogP contribution in [0.2, 0.25) is 4.20 Å². The predicted molar refractivity (Wildman–Crippen MR) is 37.2 cm³/mol. The third kappa shape index (κ3) is 1.82. The SMILES string of the molecule is CC1([As])CCCCC1. The molecular formula is C7H13As. The molecule has 1 heteroatoms. The number of rotatable bonds is 0. The van der Waals surface area contributed by atoms with E-state index in [0.717, 1.165) is 0 Å². The Morgan fingerprint density at radius 3 is 1.88 bits per heavy atom. The van der Waals surface area contributed by atoms with Gasteiger partial charge in [0.2, 0.25) is 0 Å². The Morgan fingerprint density at radius 2 is 1.62 bits per heavy atom. The summed E-state index contributed by atoms with van der Waals surface area (Å²) in [6, 6.07) is 0. The number of hydrogen-bond donors (Lipinski definition) is 0. The first-order chi connectivity index (χ1) is 3.71. The van der Waals surface area contributed by atoms with Crippen molar-refractivity contribution in [2.45, 2.75) is 43.2 Å². The van der Waals surface area contributed by atoms with E-state index in [0.29, 0.717) is 4.20 Å². The van der Waals surface area contributed by atoms with Crippen LogP contribution < -0.4 is 0 Å². The van der Waals surface area contributed by atoms with Gasteiger partial charge < -0.3 is 0 Å². The summed E-state index contributed by atoms with van der Waals surface area (Å²) < 4.78 is 0.616. The van der Waals surface area contributed by atoms with Crippen molar-refractivity contribution in [2.75, 3.05) is 0 Å². The molecule has 0 bridgehead atoms. The molecule has 0 nitrogen and oxygen atoms in total. The molecule has 1 rings (SSSR count). The van der Waals surface area contributed by atoms with Gasteiger partial charge in [0.25, 0.3) is 0 Å². The van der Waals surface area contributed by atoms with E-state index < -0.39 is 0 Å². The van der Waals surface area contributed by atoms with Crippen molar-refractivity contribution < 1.29 is 0 Å². The van der Waals surface area contributed by atoms with Crippen molar-refractivity contribution >= 4 is 16.9 Å². The molecule has 1 saturated carbocycles. The van der Waals surface area contributed by atoms with Gasteiger partial charge in [-0.25, -0.2) is 0 Å². The van der Waals surface area contributed by atoms with Crippen LogP contribution in [0.5, 0.6) is 0 Å². The molecule has 0 aromatic heterocycles. The fourth-order valence-electron chi connectivity index (χ4n) is 1.31. The molecule has 0 amide bonds. The second kappa shape index (κ2) is 2.43. The van der Waals surface area contributed by atoms with Gasteiger partial charge in [-0.1, -0.05) is 0 Å². The van der Waals surface area contributed by atoms with Crippen LogP contribution in [0.4, 0.5) is 0 Å². The van der Waals surface area contributed by atoms with Crippen molar-refractivity contribution in [1.82, 2.24) is 0 Å². The molecule has 0 heterocycles. The first-order valence-electron chi connectivity index (χ1n) is 3.43. The Bertz CT molecular complexity index is 68.5. The van der Waals surface area contributed by atoms with Gasteiger partial charge in [0.05, 0.1) is 0 Å². The molecule has 0 saturated heterocycles. The molecule has 0 aromatic carbocycles. The van der Waals surface area contributed by atoms with Gasteiger partial charge >= 0.3 is 60.1 Å². The van der Waals surface area contributed by atoms with Gasteiger partial charge in [0.1, 0.15) is 0 Å². The molecule has 8 heavy (non-hydrogen) atoms. The first-order valence-corrected chi connectivity index (χ1v) is 4.37. The summed E-state index contributed by atoms with van der Waals surface area (Å²) in [5.74, 6) is 0. The summed E-state index contributed by atoms with van der Waals surface area (Å²) in [7, 11) is 0. The Balaban J connectivity index is 2.33. The van der Waals surface area contributed by atoms with E-state index in [2.05, 4.69) is 23.8 Å². The maximum absolute atomic E-state index is 2.82. The molecule has 0 unspecified atom stereocenters. The van der Waals surface area contributed by atoms with E-state index in [1.54, 1.807) is 0 Å². The van der Waals surface area contributed by atoms with E-state index >= 15 is 0 Å². The van der Waals surface area contributed by atoms with E-state index in [1.807, 2.05) is 0 Å². The monoisotopic (exact) mass is 172 g/mol. The molecular weight excluding hydrogens is 159 g/mol. The van der Waals surface area contributed by atoms with E-state index in [1.165, 1.54) is 32.1 Å². The molecule has 1 aliphatic carbocycles. The quantitative estimate of drug-likeness (QED) is 0.492. The van der Waals surface area contributed by atoms with Crippen molar-refractivity contribution in [3.63, 3.8) is 0 Å². The number of hydrogen-bond acceptors (Lipinski definition) is 0. The van der Waals surface area contributed by atoms with Gasteiger partial charge in [-0.05, 0) is 0 Å². The van der Waals surface area contributed by atoms with Crippen LogP contribution in [-0.2, 0) is 0 Å². The second-order valence-electron chi connectivity index (χ2n) is 3.06. The van der Waals surface area contributed by atoms with Crippen LogP contribution >= 0.6 is 0 Å². The molecule has 0 aromatic rings. The molecule has 1 aliphatic rings. The normalized spacial score (nSPS) is 27.8. The molecule has 1 fully saturated rings. The van der Waals surface area contributed by atoms with Gasteiger partial charge in [-0.2, -0.15) is 0 Å². The molecule has 2 radical (unpaired) electrons. The van der Waals surface area contributed by atoms with Crippen LogP contribution in [0.15, 0.2) is 0 Å². The molecule has 0 N–H and O–H groups in total. The summed E-state index contributed by atoms with van der Waals surface area (Å²) in [6.07, 6.45) is 7.21. The van der Waals surface area contributed by atoms with Crippen LogP contribution in [0.3, 0.4) is 0 Å². The predicted octanol–water partition coefficient (Wildman–Crippen LogP) is 2.30. The van der Waals surface area contributed by atoms with Crippen LogP contribution in [0, 0.1) is 0 Å². The average molecular weight is 172 g/mol. The van der Waals surface area contributed by atoms with Gasteiger partial charge in [0, 0.05) is 0 Å². The van der Waals surface area contributed by atoms with Crippen LogP contribution in [-0.4, -0.2) is 16.9 Å². The zero-order valence-corrected chi connectivity index (χ0v) is 7.36. The Hall–Kier alpha value is 0.558. The summed E-state index contributed by atoms with van der Waals surface area (Å²) in [5, 5.41) is 0. The van der Waals surface area contributed by atoms with Gasteiger partial charge in [0.15, 0.2) is 0 Å². The van der Waals surface area contributed by atoms with E-state index in [-0.39, 0.29) is 0 Å². The van der Waals surface area contributed by atoms with Crippen molar-refractivity contribution in [1.29, 1.82) is 0 Å². The van der Waals surface area contributed by atoms with Gasteiger partial charge in [-0.3, -0.25) is 0 Å². The zero-order chi connectivity index (χ0) is 6.04. The summed E-state index contributed by atoms with van der Waals surface area (Å²) in [4.78, 5) is 0. The molecule has 0 atom stereocenters.